The number of halogens is 1. The zero-order valence-electron chi connectivity index (χ0n) is 11.6. The third-order valence-electron chi connectivity index (χ3n) is 3.44. The van der Waals surface area contributed by atoms with Crippen molar-refractivity contribution in [1.29, 1.82) is 0 Å². The van der Waals surface area contributed by atoms with Crippen LogP contribution in [0.15, 0.2) is 18.2 Å². The highest BCUT2D eigenvalue weighted by atomic mass is 19.1. The van der Waals surface area contributed by atoms with Crippen molar-refractivity contribution in [2.24, 2.45) is 11.7 Å². The smallest absolute Gasteiger partial charge is 0.254 e. The lowest BCUT2D eigenvalue weighted by molar-refractivity contribution is 0.0944. The molecule has 20 heavy (non-hydrogen) atoms. The molecule has 0 heterocycles. The zero-order chi connectivity index (χ0) is 14.5. The van der Waals surface area contributed by atoms with Crippen LogP contribution in [-0.2, 0) is 0 Å². The van der Waals surface area contributed by atoms with E-state index in [1.165, 1.54) is 12.1 Å². The van der Waals surface area contributed by atoms with E-state index in [1.807, 2.05) is 0 Å². The number of benzene rings is 1. The Labute approximate surface area is 118 Å². The molecule has 4 heteroatoms. The molecule has 1 saturated carbocycles. The molecule has 0 aliphatic heterocycles. The first kappa shape index (κ1) is 14.5. The molecule has 2 atom stereocenters. The molecule has 1 aliphatic rings. The molecule has 0 bridgehead atoms. The van der Waals surface area contributed by atoms with Gasteiger partial charge in [-0.05, 0) is 37.0 Å². The summed E-state index contributed by atoms with van der Waals surface area (Å²) >= 11 is 0. The highest BCUT2D eigenvalue weighted by Crippen LogP contribution is 2.34. The summed E-state index contributed by atoms with van der Waals surface area (Å²) < 4.78 is 13.7. The molecule has 0 spiro atoms. The molecule has 3 N–H and O–H groups in total. The second-order valence-electron chi connectivity index (χ2n) is 5.06. The topological polar surface area (TPSA) is 55.1 Å². The molecule has 0 radical (unpaired) electrons. The van der Waals surface area contributed by atoms with Crippen LogP contribution in [0.2, 0.25) is 0 Å². The number of carbonyl (C=O) groups is 1. The number of hydrogen-bond acceptors (Lipinski definition) is 2. The molecule has 0 saturated heterocycles. The van der Waals surface area contributed by atoms with E-state index in [9.17, 15) is 9.18 Å². The van der Waals surface area contributed by atoms with Gasteiger partial charge in [-0.25, -0.2) is 4.39 Å². The second kappa shape index (κ2) is 6.53. The minimum Gasteiger partial charge on any atom is -0.349 e. The lowest BCUT2D eigenvalue weighted by atomic mass is 10.1. The highest BCUT2D eigenvalue weighted by Gasteiger charge is 2.37. The number of carbonyl (C=O) groups excluding carboxylic acids is 1. The lowest BCUT2D eigenvalue weighted by Crippen LogP contribution is -2.27. The third kappa shape index (κ3) is 3.58. The highest BCUT2D eigenvalue weighted by molar-refractivity contribution is 5.95. The van der Waals surface area contributed by atoms with Gasteiger partial charge in [-0.15, -0.1) is 0 Å². The normalized spacial score (nSPS) is 19.9. The number of hydrogen-bond donors (Lipinski definition) is 2. The Kier molecular flexibility index (Phi) is 4.75. The molecule has 1 fully saturated rings. The number of nitrogens with two attached hydrogens (primary N) is 1. The Balaban J connectivity index is 2.05. The van der Waals surface area contributed by atoms with E-state index in [1.54, 1.807) is 6.07 Å². The summed E-state index contributed by atoms with van der Waals surface area (Å²) in [6.45, 7) is 2.36. The van der Waals surface area contributed by atoms with Crippen LogP contribution in [0, 0.1) is 23.6 Å². The van der Waals surface area contributed by atoms with Gasteiger partial charge in [0.15, 0.2) is 0 Å². The predicted octanol–water partition coefficient (Wildman–Crippen LogP) is 2.05. The van der Waals surface area contributed by atoms with Gasteiger partial charge >= 0.3 is 0 Å². The molecular formula is C16H19FN2O. The van der Waals surface area contributed by atoms with E-state index in [2.05, 4.69) is 24.1 Å². The van der Waals surface area contributed by atoms with Crippen LogP contribution in [0.1, 0.15) is 42.1 Å². The molecule has 1 aromatic rings. The van der Waals surface area contributed by atoms with Gasteiger partial charge < -0.3 is 11.1 Å². The van der Waals surface area contributed by atoms with Crippen molar-refractivity contribution in [3.63, 3.8) is 0 Å². The molecule has 0 aromatic heterocycles. The average molecular weight is 274 g/mol. The van der Waals surface area contributed by atoms with E-state index < -0.39 is 5.82 Å². The summed E-state index contributed by atoms with van der Waals surface area (Å²) in [6, 6.07) is 4.49. The van der Waals surface area contributed by atoms with Crippen molar-refractivity contribution in [1.82, 2.24) is 5.32 Å². The Morgan fingerprint density at radius 3 is 3.05 bits per heavy atom. The van der Waals surface area contributed by atoms with Gasteiger partial charge in [0.1, 0.15) is 5.82 Å². The SMILES string of the molecule is CCCC1CC1NC(=O)c1cc(C#CCN)ccc1F. The molecule has 1 amide bonds. The minimum atomic E-state index is -0.520. The van der Waals surface area contributed by atoms with Crippen LogP contribution in [0.3, 0.4) is 0 Å². The molecule has 1 aliphatic carbocycles. The molecule has 2 unspecified atom stereocenters. The Morgan fingerprint density at radius 1 is 1.55 bits per heavy atom. The van der Waals surface area contributed by atoms with Gasteiger partial charge in [-0.3, -0.25) is 4.79 Å². The van der Waals surface area contributed by atoms with Gasteiger partial charge in [0.05, 0.1) is 12.1 Å². The van der Waals surface area contributed by atoms with E-state index in [4.69, 9.17) is 5.73 Å². The molecule has 2 rings (SSSR count). The van der Waals surface area contributed by atoms with Crippen LogP contribution in [0.4, 0.5) is 4.39 Å². The predicted molar refractivity (Wildman–Crippen MR) is 76.6 cm³/mol. The van der Waals surface area contributed by atoms with Crippen molar-refractivity contribution in [2.75, 3.05) is 6.54 Å². The Hall–Kier alpha value is -1.86. The first-order chi connectivity index (χ1) is 9.65. The largest absolute Gasteiger partial charge is 0.349 e. The summed E-state index contributed by atoms with van der Waals surface area (Å²) in [7, 11) is 0. The Bertz CT molecular complexity index is 559. The fourth-order valence-corrected chi connectivity index (χ4v) is 2.29. The van der Waals surface area contributed by atoms with E-state index >= 15 is 0 Å². The first-order valence-electron chi connectivity index (χ1n) is 6.95. The lowest BCUT2D eigenvalue weighted by Gasteiger charge is -2.06. The van der Waals surface area contributed by atoms with Crippen molar-refractivity contribution >= 4 is 5.91 Å². The van der Waals surface area contributed by atoms with Gasteiger partial charge in [-0.1, -0.05) is 25.2 Å². The van der Waals surface area contributed by atoms with Gasteiger partial charge in [-0.2, -0.15) is 0 Å². The maximum atomic E-state index is 13.7. The van der Waals surface area contributed by atoms with Crippen LogP contribution in [0.5, 0.6) is 0 Å². The van der Waals surface area contributed by atoms with Gasteiger partial charge in [0, 0.05) is 11.6 Å². The minimum absolute atomic E-state index is 0.0518. The number of amides is 1. The van der Waals surface area contributed by atoms with Crippen LogP contribution in [0.25, 0.3) is 0 Å². The van der Waals surface area contributed by atoms with E-state index in [0.717, 1.165) is 19.3 Å². The Morgan fingerprint density at radius 2 is 2.35 bits per heavy atom. The van der Waals surface area contributed by atoms with Gasteiger partial charge in [0.25, 0.3) is 5.91 Å². The van der Waals surface area contributed by atoms with E-state index in [0.29, 0.717) is 11.5 Å². The van der Waals surface area contributed by atoms with Crippen molar-refractivity contribution < 1.29 is 9.18 Å². The fraction of sp³-hybridized carbons (Fsp3) is 0.438. The molecule has 106 valence electrons. The molecule has 1 aromatic carbocycles. The van der Waals surface area contributed by atoms with Crippen molar-refractivity contribution in [3.05, 3.63) is 35.1 Å². The standard InChI is InChI=1S/C16H19FN2O/c1-2-4-12-10-15(12)19-16(20)13-9-11(5-3-8-18)6-7-14(13)17/h6-7,9,12,15H,2,4,8,10,18H2,1H3,(H,19,20). The number of nitrogens with one attached hydrogen (secondary N) is 1. The summed E-state index contributed by atoms with van der Waals surface area (Å²) in [5.74, 6) is 5.16. The van der Waals surface area contributed by atoms with Crippen LogP contribution in [-0.4, -0.2) is 18.5 Å². The quantitative estimate of drug-likeness (QED) is 0.826. The first-order valence-corrected chi connectivity index (χ1v) is 6.95. The summed E-state index contributed by atoms with van der Waals surface area (Å²) in [6.07, 6.45) is 3.21. The molecule has 3 nitrogen and oxygen atoms in total. The summed E-state index contributed by atoms with van der Waals surface area (Å²) in [5, 5.41) is 2.88. The van der Waals surface area contributed by atoms with Gasteiger partial charge in [0.2, 0.25) is 0 Å². The maximum Gasteiger partial charge on any atom is 0.254 e. The summed E-state index contributed by atoms with van der Waals surface area (Å²) in [4.78, 5) is 12.1. The van der Waals surface area contributed by atoms with Crippen molar-refractivity contribution in [2.45, 2.75) is 32.2 Å². The second-order valence-corrected chi connectivity index (χ2v) is 5.06. The van der Waals surface area contributed by atoms with Crippen LogP contribution >= 0.6 is 0 Å². The van der Waals surface area contributed by atoms with E-state index in [-0.39, 0.29) is 24.1 Å². The molecular weight excluding hydrogens is 255 g/mol. The number of rotatable bonds is 4. The zero-order valence-corrected chi connectivity index (χ0v) is 11.6. The summed E-state index contributed by atoms with van der Waals surface area (Å²) in [5.41, 5.74) is 5.95. The van der Waals surface area contributed by atoms with Crippen molar-refractivity contribution in [3.8, 4) is 11.8 Å². The third-order valence-corrected chi connectivity index (χ3v) is 3.44. The van der Waals surface area contributed by atoms with Crippen LogP contribution < -0.4 is 11.1 Å². The monoisotopic (exact) mass is 274 g/mol. The maximum absolute atomic E-state index is 13.7. The fourth-order valence-electron chi connectivity index (χ4n) is 2.29. The average Bonchev–Trinajstić information content (AvgIpc) is 3.16.